The maximum absolute atomic E-state index is 11.7. The lowest BCUT2D eigenvalue weighted by Gasteiger charge is -2.30. The summed E-state index contributed by atoms with van der Waals surface area (Å²) in [5.74, 6) is 0. The van der Waals surface area contributed by atoms with Gasteiger partial charge < -0.3 is 10.8 Å². The molecule has 2 atom stereocenters. The summed E-state index contributed by atoms with van der Waals surface area (Å²) in [5, 5.41) is 10.2. The molecule has 1 aromatic rings. The third-order valence-corrected chi connectivity index (χ3v) is 7.24. The number of rotatable bonds is 4. The quantitative estimate of drug-likeness (QED) is 0.655. The second-order valence-electron chi connectivity index (χ2n) is 3.98. The Morgan fingerprint density at radius 2 is 2.12 bits per heavy atom. The molecule has 6 heteroatoms. The highest BCUT2D eigenvalue weighted by molar-refractivity contribution is 9.11. The average molecular weight is 322 g/mol. The van der Waals surface area contributed by atoms with Crippen LogP contribution in [0.5, 0.6) is 0 Å². The first-order chi connectivity index (χ1) is 7.72. The minimum absolute atomic E-state index is 0.252. The summed E-state index contributed by atoms with van der Waals surface area (Å²) in [4.78, 5) is 0. The van der Waals surface area contributed by atoms with Crippen molar-refractivity contribution in [2.45, 2.75) is 23.1 Å². The van der Waals surface area contributed by atoms with E-state index in [4.69, 9.17) is 5.73 Å². The van der Waals surface area contributed by atoms with Gasteiger partial charge in [0, 0.05) is 11.9 Å². The van der Waals surface area contributed by atoms with E-state index in [1.807, 2.05) is 0 Å². The van der Waals surface area contributed by atoms with Crippen LogP contribution in [0.1, 0.15) is 25.0 Å². The number of sulfone groups is 1. The van der Waals surface area contributed by atoms with Gasteiger partial charge in [0.2, 0.25) is 0 Å². The number of nitrogen functional groups attached to an aromatic ring is 1. The first-order valence-corrected chi connectivity index (χ1v) is 7.83. The molecule has 0 aromatic heterocycles. The summed E-state index contributed by atoms with van der Waals surface area (Å²) in [6, 6.07) is 6.58. The Bertz CT molecular complexity index is 503. The maximum Gasteiger partial charge on any atom is 0.166 e. The third-order valence-electron chi connectivity index (χ3n) is 2.73. The fourth-order valence-electron chi connectivity index (χ4n) is 1.64. The van der Waals surface area contributed by atoms with Crippen molar-refractivity contribution in [1.82, 2.24) is 0 Å². The molecule has 0 aliphatic heterocycles. The van der Waals surface area contributed by atoms with Crippen molar-refractivity contribution < 1.29 is 13.5 Å². The van der Waals surface area contributed by atoms with Crippen molar-refractivity contribution >= 4 is 31.5 Å². The molecule has 0 aliphatic carbocycles. The molecule has 0 amide bonds. The smallest absolute Gasteiger partial charge is 0.166 e. The number of alkyl halides is 1. The number of anilines is 1. The van der Waals surface area contributed by atoms with Gasteiger partial charge in [0.1, 0.15) is 6.10 Å². The number of hydrogen-bond acceptors (Lipinski definition) is 4. The molecule has 0 spiro atoms. The van der Waals surface area contributed by atoms with E-state index in [0.717, 1.165) is 6.26 Å². The minimum Gasteiger partial charge on any atom is -0.399 e. The second kappa shape index (κ2) is 4.96. The Labute approximate surface area is 110 Å². The van der Waals surface area contributed by atoms with E-state index < -0.39 is 19.6 Å². The lowest BCUT2D eigenvalue weighted by Crippen LogP contribution is -2.37. The van der Waals surface area contributed by atoms with Crippen molar-refractivity contribution in [3.63, 3.8) is 0 Å². The van der Waals surface area contributed by atoms with Crippen LogP contribution in [0, 0.1) is 0 Å². The molecule has 0 aliphatic rings. The van der Waals surface area contributed by atoms with E-state index >= 15 is 0 Å². The van der Waals surface area contributed by atoms with Gasteiger partial charge in [0.15, 0.2) is 13.5 Å². The summed E-state index contributed by atoms with van der Waals surface area (Å²) in [6.45, 7) is 1.70. The van der Waals surface area contributed by atoms with Crippen LogP contribution >= 0.6 is 15.9 Å². The highest BCUT2D eigenvalue weighted by Gasteiger charge is 2.44. The van der Waals surface area contributed by atoms with Crippen LogP contribution in [0.3, 0.4) is 0 Å². The van der Waals surface area contributed by atoms with Crippen LogP contribution in [-0.2, 0) is 9.84 Å². The predicted octanol–water partition coefficient (Wildman–Crippen LogP) is 1.85. The number of aliphatic hydroxyl groups excluding tert-OH is 1. The molecular formula is C11H16BrNO3S. The van der Waals surface area contributed by atoms with E-state index in [1.54, 1.807) is 31.2 Å². The fourth-order valence-corrected chi connectivity index (χ4v) is 2.97. The molecular weight excluding hydrogens is 306 g/mol. The first kappa shape index (κ1) is 14.5. The number of halogens is 1. The van der Waals surface area contributed by atoms with Crippen LogP contribution in [0.15, 0.2) is 24.3 Å². The van der Waals surface area contributed by atoms with E-state index in [1.165, 1.54) is 0 Å². The van der Waals surface area contributed by atoms with Gasteiger partial charge in [-0.15, -0.1) is 0 Å². The van der Waals surface area contributed by atoms with Crippen LogP contribution in [-0.4, -0.2) is 23.4 Å². The standard InChI is InChI=1S/C11H16BrNO3S/c1-3-11(12,17(2,15)16)10(14)8-5-4-6-9(13)7-8/h4-7,10,14H,3,13H2,1-2H3/t10-,11+/m1/s1. The fraction of sp³-hybridized carbons (Fsp3) is 0.455. The number of nitrogens with two attached hydrogens (primary N) is 1. The Hall–Kier alpha value is -0.590. The Kier molecular flexibility index (Phi) is 4.22. The van der Waals surface area contributed by atoms with Crippen molar-refractivity contribution in [3.05, 3.63) is 29.8 Å². The van der Waals surface area contributed by atoms with Crippen LogP contribution in [0.25, 0.3) is 0 Å². The van der Waals surface area contributed by atoms with Crippen molar-refractivity contribution in [2.24, 2.45) is 0 Å². The van der Waals surface area contributed by atoms with Crippen molar-refractivity contribution in [1.29, 1.82) is 0 Å². The molecule has 0 radical (unpaired) electrons. The summed E-state index contributed by atoms with van der Waals surface area (Å²) in [7, 11) is -3.45. The summed E-state index contributed by atoms with van der Waals surface area (Å²) >= 11 is 3.15. The molecule has 0 saturated heterocycles. The van der Waals surface area contributed by atoms with Crippen molar-refractivity contribution in [2.75, 3.05) is 12.0 Å². The SMILES string of the molecule is CC[C@@](Br)([C@H](O)c1cccc(N)c1)S(C)(=O)=O. The number of hydrogen-bond donors (Lipinski definition) is 2. The Morgan fingerprint density at radius 3 is 2.53 bits per heavy atom. The summed E-state index contributed by atoms with van der Waals surface area (Å²) in [5.41, 5.74) is 6.58. The Morgan fingerprint density at radius 1 is 1.53 bits per heavy atom. The average Bonchev–Trinajstić information content (AvgIpc) is 2.25. The molecule has 3 N–H and O–H groups in total. The van der Waals surface area contributed by atoms with E-state index in [9.17, 15) is 13.5 Å². The van der Waals surface area contributed by atoms with E-state index in [0.29, 0.717) is 11.3 Å². The van der Waals surface area contributed by atoms with Gasteiger partial charge in [-0.1, -0.05) is 35.0 Å². The zero-order chi connectivity index (χ0) is 13.3. The van der Waals surface area contributed by atoms with Gasteiger partial charge in [0.25, 0.3) is 0 Å². The third kappa shape index (κ3) is 2.81. The molecule has 1 rings (SSSR count). The Balaban J connectivity index is 3.24. The molecule has 96 valence electrons. The van der Waals surface area contributed by atoms with Gasteiger partial charge in [-0.05, 0) is 24.1 Å². The lowest BCUT2D eigenvalue weighted by molar-refractivity contribution is 0.160. The number of benzene rings is 1. The van der Waals surface area contributed by atoms with E-state index in [-0.39, 0.29) is 6.42 Å². The largest absolute Gasteiger partial charge is 0.399 e. The monoisotopic (exact) mass is 321 g/mol. The predicted molar refractivity (Wildman–Crippen MR) is 72.6 cm³/mol. The zero-order valence-electron chi connectivity index (χ0n) is 9.72. The van der Waals surface area contributed by atoms with Gasteiger partial charge in [-0.3, -0.25) is 0 Å². The van der Waals surface area contributed by atoms with Crippen LogP contribution < -0.4 is 5.73 Å². The molecule has 17 heavy (non-hydrogen) atoms. The van der Waals surface area contributed by atoms with Gasteiger partial charge in [-0.25, -0.2) is 8.42 Å². The summed E-state index contributed by atoms with van der Waals surface area (Å²) < 4.78 is 22.1. The molecule has 0 bridgehead atoms. The topological polar surface area (TPSA) is 80.4 Å². The number of aliphatic hydroxyl groups is 1. The normalized spacial score (nSPS) is 17.4. The van der Waals surface area contributed by atoms with E-state index in [2.05, 4.69) is 15.9 Å². The maximum atomic E-state index is 11.7. The van der Waals surface area contributed by atoms with Gasteiger partial charge >= 0.3 is 0 Å². The summed E-state index contributed by atoms with van der Waals surface area (Å²) in [6.07, 6.45) is 0.189. The zero-order valence-corrected chi connectivity index (χ0v) is 12.1. The van der Waals surface area contributed by atoms with Gasteiger partial charge in [-0.2, -0.15) is 0 Å². The molecule has 0 unspecified atom stereocenters. The molecule has 0 heterocycles. The highest BCUT2D eigenvalue weighted by atomic mass is 79.9. The molecule has 0 fully saturated rings. The van der Waals surface area contributed by atoms with Crippen LogP contribution in [0.2, 0.25) is 0 Å². The second-order valence-corrected chi connectivity index (χ2v) is 8.20. The lowest BCUT2D eigenvalue weighted by atomic mass is 10.0. The minimum atomic E-state index is -3.45. The molecule has 4 nitrogen and oxygen atoms in total. The van der Waals surface area contributed by atoms with Crippen molar-refractivity contribution in [3.8, 4) is 0 Å². The van der Waals surface area contributed by atoms with Gasteiger partial charge in [0.05, 0.1) is 0 Å². The first-order valence-electron chi connectivity index (χ1n) is 5.14. The van der Waals surface area contributed by atoms with Crippen LogP contribution in [0.4, 0.5) is 5.69 Å². The molecule has 1 aromatic carbocycles. The molecule has 0 saturated carbocycles. The highest BCUT2D eigenvalue weighted by Crippen LogP contribution is 2.41.